The summed E-state index contributed by atoms with van der Waals surface area (Å²) >= 11 is 0. The summed E-state index contributed by atoms with van der Waals surface area (Å²) in [4.78, 5) is 0. The van der Waals surface area contributed by atoms with Crippen molar-refractivity contribution >= 4 is 0 Å². The predicted molar refractivity (Wildman–Crippen MR) is 77.0 cm³/mol. The highest BCUT2D eigenvalue weighted by Crippen LogP contribution is 2.21. The second-order valence-electron chi connectivity index (χ2n) is 5.37. The lowest BCUT2D eigenvalue weighted by atomic mass is 10.1. The first-order chi connectivity index (χ1) is 9.35. The molecule has 0 fully saturated rings. The van der Waals surface area contributed by atoms with E-state index in [1.54, 1.807) is 0 Å². The number of aryl methyl sites for hydroxylation is 1. The molecule has 0 aliphatic heterocycles. The molecule has 3 nitrogen and oxygen atoms in total. The van der Waals surface area contributed by atoms with Crippen LogP contribution in [0.2, 0.25) is 0 Å². The van der Waals surface area contributed by atoms with Crippen LogP contribution in [0, 0.1) is 0 Å². The minimum atomic E-state index is 0.576. The van der Waals surface area contributed by atoms with Gasteiger partial charge < -0.3 is 5.32 Å². The summed E-state index contributed by atoms with van der Waals surface area (Å²) in [6, 6.07) is 9.34. The molecule has 3 rings (SSSR count). The Kier molecular flexibility index (Phi) is 3.65. The van der Waals surface area contributed by atoms with E-state index in [2.05, 4.69) is 47.8 Å². The Morgan fingerprint density at radius 1 is 1.26 bits per heavy atom. The summed E-state index contributed by atoms with van der Waals surface area (Å²) < 4.78 is 2.03. The first kappa shape index (κ1) is 12.4. The third-order valence-electron chi connectivity index (χ3n) is 3.79. The van der Waals surface area contributed by atoms with Crippen LogP contribution in [-0.2, 0) is 25.9 Å². The number of hydrogen-bond acceptors (Lipinski definition) is 2. The molecule has 0 spiro atoms. The van der Waals surface area contributed by atoms with E-state index in [0.29, 0.717) is 6.04 Å². The molecule has 1 aromatic carbocycles. The van der Waals surface area contributed by atoms with Crippen molar-refractivity contribution in [1.82, 2.24) is 15.1 Å². The maximum atomic E-state index is 4.37. The second kappa shape index (κ2) is 5.57. The van der Waals surface area contributed by atoms with Crippen molar-refractivity contribution in [2.24, 2.45) is 0 Å². The zero-order valence-corrected chi connectivity index (χ0v) is 11.5. The second-order valence-corrected chi connectivity index (χ2v) is 5.37. The van der Waals surface area contributed by atoms with E-state index in [1.165, 1.54) is 16.7 Å². The molecule has 2 aromatic rings. The molecule has 19 heavy (non-hydrogen) atoms. The lowest BCUT2D eigenvalue weighted by molar-refractivity contribution is 0.532. The zero-order chi connectivity index (χ0) is 13.1. The van der Waals surface area contributed by atoms with E-state index < -0.39 is 0 Å². The summed E-state index contributed by atoms with van der Waals surface area (Å²) in [6.07, 6.45) is 7.56. The van der Waals surface area contributed by atoms with Crippen LogP contribution in [0.4, 0.5) is 0 Å². The Morgan fingerprint density at radius 3 is 2.68 bits per heavy atom. The van der Waals surface area contributed by atoms with Gasteiger partial charge in [-0.25, -0.2) is 0 Å². The van der Waals surface area contributed by atoms with Crippen molar-refractivity contribution < 1.29 is 0 Å². The molecule has 0 bridgehead atoms. The smallest absolute Gasteiger partial charge is 0.0534 e. The maximum absolute atomic E-state index is 4.37. The highest BCUT2D eigenvalue weighted by molar-refractivity contribution is 5.33. The fourth-order valence-electron chi connectivity index (χ4n) is 2.81. The standard InChI is InChI=1S/C16H21N3/c1-2-7-19-12-13(11-18-19)10-17-16-8-14-5-3-4-6-15(14)9-16/h3-6,11-12,16-17H,2,7-10H2,1H3. The Balaban J connectivity index is 1.53. The molecule has 100 valence electrons. The van der Waals surface area contributed by atoms with Gasteiger partial charge in [-0.2, -0.15) is 5.10 Å². The molecule has 3 heteroatoms. The number of aromatic nitrogens is 2. The van der Waals surface area contributed by atoms with Gasteiger partial charge in [0, 0.05) is 30.9 Å². The normalized spacial score (nSPS) is 14.8. The van der Waals surface area contributed by atoms with Crippen molar-refractivity contribution in [1.29, 1.82) is 0 Å². The number of nitrogens with one attached hydrogen (secondary N) is 1. The van der Waals surface area contributed by atoms with Crippen LogP contribution in [0.3, 0.4) is 0 Å². The zero-order valence-electron chi connectivity index (χ0n) is 11.5. The van der Waals surface area contributed by atoms with Crippen LogP contribution < -0.4 is 5.32 Å². The van der Waals surface area contributed by atoms with E-state index in [9.17, 15) is 0 Å². The van der Waals surface area contributed by atoms with Crippen molar-refractivity contribution in [2.45, 2.75) is 45.3 Å². The fraction of sp³-hybridized carbons (Fsp3) is 0.438. The van der Waals surface area contributed by atoms with Gasteiger partial charge in [-0.15, -0.1) is 0 Å². The Hall–Kier alpha value is -1.61. The van der Waals surface area contributed by atoms with Gasteiger partial charge in [0.2, 0.25) is 0 Å². The molecule has 0 saturated heterocycles. The highest BCUT2D eigenvalue weighted by Gasteiger charge is 2.20. The first-order valence-electron chi connectivity index (χ1n) is 7.16. The van der Waals surface area contributed by atoms with Crippen LogP contribution in [0.15, 0.2) is 36.7 Å². The molecular formula is C16H21N3. The topological polar surface area (TPSA) is 29.9 Å². The molecule has 1 N–H and O–H groups in total. The van der Waals surface area contributed by atoms with Crippen molar-refractivity contribution in [3.8, 4) is 0 Å². The largest absolute Gasteiger partial charge is 0.309 e. The lowest BCUT2D eigenvalue weighted by Crippen LogP contribution is -2.28. The average Bonchev–Trinajstić information content (AvgIpc) is 3.02. The molecule has 0 unspecified atom stereocenters. The van der Waals surface area contributed by atoms with E-state index in [0.717, 1.165) is 32.4 Å². The minimum Gasteiger partial charge on any atom is -0.309 e. The van der Waals surface area contributed by atoms with Crippen LogP contribution >= 0.6 is 0 Å². The first-order valence-corrected chi connectivity index (χ1v) is 7.16. The van der Waals surface area contributed by atoms with Gasteiger partial charge in [-0.3, -0.25) is 4.68 Å². The number of benzene rings is 1. The van der Waals surface area contributed by atoms with Gasteiger partial charge in [0.05, 0.1) is 6.20 Å². The van der Waals surface area contributed by atoms with E-state index in [4.69, 9.17) is 0 Å². The maximum Gasteiger partial charge on any atom is 0.0534 e. The minimum absolute atomic E-state index is 0.576. The third-order valence-corrected chi connectivity index (χ3v) is 3.79. The molecule has 1 aromatic heterocycles. The van der Waals surface area contributed by atoms with Crippen molar-refractivity contribution in [3.63, 3.8) is 0 Å². The number of hydrogen-bond donors (Lipinski definition) is 1. The monoisotopic (exact) mass is 255 g/mol. The van der Waals surface area contributed by atoms with Crippen molar-refractivity contribution in [3.05, 3.63) is 53.3 Å². The van der Waals surface area contributed by atoms with Crippen LogP contribution in [0.5, 0.6) is 0 Å². The number of nitrogens with zero attached hydrogens (tertiary/aromatic N) is 2. The Labute approximate surface area is 114 Å². The number of fused-ring (bicyclic) bond motifs is 1. The molecule has 0 atom stereocenters. The molecule has 0 amide bonds. The van der Waals surface area contributed by atoms with Gasteiger partial charge in [0.1, 0.15) is 0 Å². The summed E-state index contributed by atoms with van der Waals surface area (Å²) in [7, 11) is 0. The lowest BCUT2D eigenvalue weighted by Gasteiger charge is -2.10. The fourth-order valence-corrected chi connectivity index (χ4v) is 2.81. The highest BCUT2D eigenvalue weighted by atomic mass is 15.3. The van der Waals surface area contributed by atoms with E-state index in [-0.39, 0.29) is 0 Å². The molecule has 0 radical (unpaired) electrons. The van der Waals surface area contributed by atoms with Gasteiger partial charge in [-0.1, -0.05) is 31.2 Å². The molecule has 1 aliphatic rings. The third kappa shape index (κ3) is 2.87. The van der Waals surface area contributed by atoms with Gasteiger partial charge in [0.25, 0.3) is 0 Å². The quantitative estimate of drug-likeness (QED) is 0.890. The van der Waals surface area contributed by atoms with Gasteiger partial charge in [0.15, 0.2) is 0 Å². The van der Waals surface area contributed by atoms with Gasteiger partial charge >= 0.3 is 0 Å². The summed E-state index contributed by atoms with van der Waals surface area (Å²) in [5.74, 6) is 0. The number of rotatable bonds is 5. The Morgan fingerprint density at radius 2 is 2.00 bits per heavy atom. The SMILES string of the molecule is CCCn1cc(CNC2Cc3ccccc3C2)cn1. The van der Waals surface area contributed by atoms with E-state index >= 15 is 0 Å². The summed E-state index contributed by atoms with van der Waals surface area (Å²) in [5.41, 5.74) is 4.28. The Bertz CT molecular complexity index is 519. The summed E-state index contributed by atoms with van der Waals surface area (Å²) in [5, 5.41) is 8.01. The predicted octanol–water partition coefficient (Wildman–Crippen LogP) is 2.55. The molecule has 1 heterocycles. The van der Waals surface area contributed by atoms with Crippen LogP contribution in [0.1, 0.15) is 30.0 Å². The molecular weight excluding hydrogens is 234 g/mol. The van der Waals surface area contributed by atoms with E-state index in [1.807, 2.05) is 10.9 Å². The summed E-state index contributed by atoms with van der Waals surface area (Å²) in [6.45, 7) is 4.10. The molecule has 0 saturated carbocycles. The molecule has 1 aliphatic carbocycles. The van der Waals surface area contributed by atoms with Crippen LogP contribution in [-0.4, -0.2) is 15.8 Å². The van der Waals surface area contributed by atoms with Crippen LogP contribution in [0.25, 0.3) is 0 Å². The average molecular weight is 255 g/mol. The van der Waals surface area contributed by atoms with Gasteiger partial charge in [-0.05, 0) is 30.4 Å². The van der Waals surface area contributed by atoms with Crippen molar-refractivity contribution in [2.75, 3.05) is 0 Å².